The van der Waals surface area contributed by atoms with Crippen molar-refractivity contribution in [2.24, 2.45) is 11.8 Å². The van der Waals surface area contributed by atoms with Gasteiger partial charge in [0, 0.05) is 12.1 Å². The van der Waals surface area contributed by atoms with Crippen LogP contribution in [0.2, 0.25) is 0 Å². The van der Waals surface area contributed by atoms with Crippen molar-refractivity contribution >= 4 is 0 Å². The Morgan fingerprint density at radius 3 is 2.80 bits per heavy atom. The zero-order chi connectivity index (χ0) is 10.3. The Morgan fingerprint density at radius 2 is 2.07 bits per heavy atom. The Morgan fingerprint density at radius 1 is 1.20 bits per heavy atom. The van der Waals surface area contributed by atoms with Gasteiger partial charge in [-0.2, -0.15) is 0 Å². The molecule has 0 radical (unpaired) electrons. The van der Waals surface area contributed by atoms with E-state index in [4.69, 9.17) is 0 Å². The van der Waals surface area contributed by atoms with Gasteiger partial charge in [0.05, 0.1) is 0 Å². The number of fused-ring (bicyclic) bond motifs is 1. The molecule has 0 aromatic heterocycles. The summed E-state index contributed by atoms with van der Waals surface area (Å²) in [7, 11) is 0. The highest BCUT2D eigenvalue weighted by molar-refractivity contribution is 4.98. The third kappa shape index (κ3) is 1.83. The maximum atomic E-state index is 3.60. The van der Waals surface area contributed by atoms with Crippen LogP contribution in [0.3, 0.4) is 0 Å². The minimum absolute atomic E-state index is 0.893. The maximum Gasteiger partial charge on any atom is 0.0139 e. The van der Waals surface area contributed by atoms with Crippen molar-refractivity contribution < 1.29 is 0 Å². The molecule has 1 N–H and O–H groups in total. The molecule has 3 atom stereocenters. The van der Waals surface area contributed by atoms with Crippen LogP contribution in [0.5, 0.6) is 0 Å². The van der Waals surface area contributed by atoms with Crippen molar-refractivity contribution in [1.82, 2.24) is 10.2 Å². The van der Waals surface area contributed by atoms with Crippen LogP contribution in [0.15, 0.2) is 0 Å². The van der Waals surface area contributed by atoms with Gasteiger partial charge >= 0.3 is 0 Å². The van der Waals surface area contributed by atoms with E-state index in [1.54, 1.807) is 0 Å². The lowest BCUT2D eigenvalue weighted by atomic mass is 9.75. The minimum Gasteiger partial charge on any atom is -0.316 e. The van der Waals surface area contributed by atoms with Gasteiger partial charge in [-0.3, -0.25) is 4.90 Å². The fourth-order valence-electron chi connectivity index (χ4n) is 3.87. The number of hydrogen-bond acceptors (Lipinski definition) is 2. The van der Waals surface area contributed by atoms with Gasteiger partial charge in [-0.05, 0) is 63.6 Å². The molecule has 15 heavy (non-hydrogen) atoms. The molecule has 1 aliphatic carbocycles. The summed E-state index contributed by atoms with van der Waals surface area (Å²) in [6, 6.07) is 1.86. The van der Waals surface area contributed by atoms with E-state index in [1.807, 2.05) is 0 Å². The molecule has 2 nitrogen and oxygen atoms in total. The largest absolute Gasteiger partial charge is 0.316 e. The van der Waals surface area contributed by atoms with E-state index >= 15 is 0 Å². The zero-order valence-electron chi connectivity index (χ0n) is 9.91. The van der Waals surface area contributed by atoms with Crippen molar-refractivity contribution in [3.63, 3.8) is 0 Å². The second-order valence-corrected chi connectivity index (χ2v) is 5.65. The molecule has 0 amide bonds. The van der Waals surface area contributed by atoms with Gasteiger partial charge in [-0.25, -0.2) is 0 Å². The monoisotopic (exact) mass is 208 g/mol. The average molecular weight is 208 g/mol. The minimum atomic E-state index is 0.893. The predicted molar refractivity (Wildman–Crippen MR) is 62.9 cm³/mol. The van der Waals surface area contributed by atoms with Crippen LogP contribution >= 0.6 is 0 Å². The van der Waals surface area contributed by atoms with Crippen molar-refractivity contribution in [2.45, 2.75) is 51.1 Å². The standard InChI is InChI=1S/C13H24N2/c1-2-13-12-9-14-7-5-10(12)6-8-15(13)11-3-4-11/h10-14H,2-9H2,1H3. The van der Waals surface area contributed by atoms with Crippen LogP contribution in [-0.2, 0) is 0 Å². The molecule has 0 aromatic rings. The predicted octanol–water partition coefficient (Wildman–Crippen LogP) is 1.86. The van der Waals surface area contributed by atoms with Gasteiger partial charge in [-0.1, -0.05) is 6.92 Å². The van der Waals surface area contributed by atoms with Gasteiger partial charge in [0.15, 0.2) is 0 Å². The summed E-state index contributed by atoms with van der Waals surface area (Å²) in [5.74, 6) is 1.99. The topological polar surface area (TPSA) is 15.3 Å². The van der Waals surface area contributed by atoms with Gasteiger partial charge in [0.1, 0.15) is 0 Å². The number of nitrogens with zero attached hydrogens (tertiary/aromatic N) is 1. The normalized spacial score (nSPS) is 42.6. The number of rotatable bonds is 2. The molecule has 2 heterocycles. The maximum absolute atomic E-state index is 3.60. The third-order valence-corrected chi connectivity index (χ3v) is 4.79. The summed E-state index contributed by atoms with van der Waals surface area (Å²) in [4.78, 5) is 2.84. The van der Waals surface area contributed by atoms with Gasteiger partial charge in [0.2, 0.25) is 0 Å². The van der Waals surface area contributed by atoms with E-state index < -0.39 is 0 Å². The summed E-state index contributed by atoms with van der Waals surface area (Å²) in [6.07, 6.45) is 7.21. The molecule has 86 valence electrons. The molecule has 0 spiro atoms. The van der Waals surface area contributed by atoms with Crippen LogP contribution in [0.25, 0.3) is 0 Å². The molecule has 2 heteroatoms. The molecule has 3 aliphatic rings. The van der Waals surface area contributed by atoms with Gasteiger partial charge < -0.3 is 5.32 Å². The lowest BCUT2D eigenvalue weighted by molar-refractivity contribution is 0.0239. The Labute approximate surface area is 93.4 Å². The third-order valence-electron chi connectivity index (χ3n) is 4.79. The Hall–Kier alpha value is -0.0800. The van der Waals surface area contributed by atoms with Crippen LogP contribution in [-0.4, -0.2) is 36.6 Å². The molecule has 1 saturated carbocycles. The van der Waals surface area contributed by atoms with Gasteiger partial charge in [-0.15, -0.1) is 0 Å². The van der Waals surface area contributed by atoms with Crippen molar-refractivity contribution in [1.29, 1.82) is 0 Å². The van der Waals surface area contributed by atoms with E-state index in [-0.39, 0.29) is 0 Å². The van der Waals surface area contributed by atoms with E-state index in [2.05, 4.69) is 17.1 Å². The smallest absolute Gasteiger partial charge is 0.0139 e. The SMILES string of the molecule is CCC1C2CNCCC2CCN1C1CC1. The molecule has 3 fully saturated rings. The van der Waals surface area contributed by atoms with Crippen LogP contribution in [0.1, 0.15) is 39.0 Å². The number of likely N-dealkylation sites (tertiary alicyclic amines) is 1. The van der Waals surface area contributed by atoms with Gasteiger partial charge in [0.25, 0.3) is 0 Å². The van der Waals surface area contributed by atoms with E-state index in [9.17, 15) is 0 Å². The lowest BCUT2D eigenvalue weighted by Gasteiger charge is -2.48. The van der Waals surface area contributed by atoms with Crippen molar-refractivity contribution in [3.05, 3.63) is 0 Å². The van der Waals surface area contributed by atoms with E-state index in [1.165, 1.54) is 51.7 Å². The molecule has 2 saturated heterocycles. The first kappa shape index (κ1) is 10.1. The van der Waals surface area contributed by atoms with E-state index in [0.29, 0.717) is 0 Å². The second-order valence-electron chi connectivity index (χ2n) is 5.65. The highest BCUT2D eigenvalue weighted by Crippen LogP contribution is 2.40. The highest BCUT2D eigenvalue weighted by Gasteiger charge is 2.43. The summed E-state index contributed by atoms with van der Waals surface area (Å²) < 4.78 is 0. The Balaban J connectivity index is 1.73. The highest BCUT2D eigenvalue weighted by atomic mass is 15.2. The summed E-state index contributed by atoms with van der Waals surface area (Å²) in [6.45, 7) is 6.33. The lowest BCUT2D eigenvalue weighted by Crippen LogP contribution is -2.55. The van der Waals surface area contributed by atoms with Crippen LogP contribution in [0.4, 0.5) is 0 Å². The second kappa shape index (κ2) is 4.06. The molecule has 3 rings (SSSR count). The molecule has 2 aliphatic heterocycles. The first-order chi connectivity index (χ1) is 7.40. The summed E-state index contributed by atoms with van der Waals surface area (Å²) in [5.41, 5.74) is 0. The van der Waals surface area contributed by atoms with Crippen LogP contribution in [0, 0.1) is 11.8 Å². The fourth-order valence-corrected chi connectivity index (χ4v) is 3.87. The number of hydrogen-bond donors (Lipinski definition) is 1. The number of nitrogens with one attached hydrogen (secondary N) is 1. The van der Waals surface area contributed by atoms with Crippen molar-refractivity contribution in [3.8, 4) is 0 Å². The number of piperidine rings is 2. The fraction of sp³-hybridized carbons (Fsp3) is 1.00. The Kier molecular flexibility index (Phi) is 2.73. The first-order valence-electron chi connectivity index (χ1n) is 6.86. The van der Waals surface area contributed by atoms with E-state index in [0.717, 1.165) is 23.9 Å². The van der Waals surface area contributed by atoms with Crippen molar-refractivity contribution in [2.75, 3.05) is 19.6 Å². The Bertz CT molecular complexity index is 225. The summed E-state index contributed by atoms with van der Waals surface area (Å²) in [5, 5.41) is 3.60. The molecule has 3 unspecified atom stereocenters. The molecular formula is C13H24N2. The average Bonchev–Trinajstić information content (AvgIpc) is 3.11. The molecule has 0 aromatic carbocycles. The molecule has 0 bridgehead atoms. The summed E-state index contributed by atoms with van der Waals surface area (Å²) >= 11 is 0. The zero-order valence-corrected chi connectivity index (χ0v) is 9.91. The quantitative estimate of drug-likeness (QED) is 0.745. The van der Waals surface area contributed by atoms with Crippen LogP contribution < -0.4 is 5.32 Å². The first-order valence-corrected chi connectivity index (χ1v) is 6.86. The molecular weight excluding hydrogens is 184 g/mol.